The van der Waals surface area contributed by atoms with Crippen LogP contribution in [-0.2, 0) is 6.42 Å². The molecule has 0 aliphatic heterocycles. The topological polar surface area (TPSA) is 21.3 Å². The van der Waals surface area contributed by atoms with Gasteiger partial charge in [0.2, 0.25) is 0 Å². The molecule has 0 bridgehead atoms. The average Bonchev–Trinajstić information content (AvgIpc) is 2.41. The van der Waals surface area contributed by atoms with Gasteiger partial charge in [-0.2, -0.15) is 0 Å². The van der Waals surface area contributed by atoms with Crippen molar-refractivity contribution in [1.82, 2.24) is 5.32 Å². The summed E-state index contributed by atoms with van der Waals surface area (Å²) in [6, 6.07) is 6.27. The number of para-hydroxylation sites is 1. The van der Waals surface area contributed by atoms with Crippen LogP contribution < -0.4 is 10.1 Å². The molecule has 1 aromatic carbocycles. The van der Waals surface area contributed by atoms with Crippen molar-refractivity contribution in [1.29, 1.82) is 0 Å². The molecule has 1 rings (SSSR count). The first-order valence-corrected chi connectivity index (χ1v) is 6.93. The molecule has 0 unspecified atom stereocenters. The highest BCUT2D eigenvalue weighted by molar-refractivity contribution is 5.41. The zero-order valence-corrected chi connectivity index (χ0v) is 12.0. The van der Waals surface area contributed by atoms with Crippen LogP contribution in [-0.4, -0.2) is 19.7 Å². The number of allylic oxidation sites excluding steroid dienone is 1. The van der Waals surface area contributed by atoms with E-state index in [0.717, 1.165) is 44.7 Å². The Morgan fingerprint density at radius 2 is 2.05 bits per heavy atom. The maximum absolute atomic E-state index is 5.93. The zero-order chi connectivity index (χ0) is 13.9. The largest absolute Gasteiger partial charge is 0.493 e. The van der Waals surface area contributed by atoms with E-state index in [1.807, 2.05) is 12.2 Å². The summed E-state index contributed by atoms with van der Waals surface area (Å²) in [5.41, 5.74) is 2.42. The van der Waals surface area contributed by atoms with E-state index in [2.05, 4.69) is 43.6 Å². The van der Waals surface area contributed by atoms with Crippen LogP contribution in [0.2, 0.25) is 0 Å². The fourth-order valence-corrected chi connectivity index (χ4v) is 1.97. The van der Waals surface area contributed by atoms with Crippen LogP contribution in [0.5, 0.6) is 5.75 Å². The van der Waals surface area contributed by atoms with Crippen LogP contribution in [0.4, 0.5) is 0 Å². The Morgan fingerprint density at radius 3 is 2.79 bits per heavy atom. The minimum atomic E-state index is 0.769. The monoisotopic (exact) mass is 259 g/mol. The van der Waals surface area contributed by atoms with Crippen molar-refractivity contribution in [3.63, 3.8) is 0 Å². The molecule has 1 aromatic rings. The molecule has 19 heavy (non-hydrogen) atoms. The molecule has 0 amide bonds. The molecule has 1 N–H and O–H groups in total. The van der Waals surface area contributed by atoms with Crippen molar-refractivity contribution in [3.8, 4) is 5.75 Å². The lowest BCUT2D eigenvalue weighted by atomic mass is 10.1. The van der Waals surface area contributed by atoms with E-state index in [-0.39, 0.29) is 0 Å². The minimum Gasteiger partial charge on any atom is -0.493 e. The molecule has 0 saturated heterocycles. The number of benzene rings is 1. The molecule has 2 nitrogen and oxygen atoms in total. The third-order valence-corrected chi connectivity index (χ3v) is 2.94. The van der Waals surface area contributed by atoms with Crippen LogP contribution in [0.1, 0.15) is 24.0 Å². The van der Waals surface area contributed by atoms with Crippen LogP contribution in [0.25, 0.3) is 0 Å². The Hall–Kier alpha value is -1.54. The molecule has 0 aromatic heterocycles. The summed E-state index contributed by atoms with van der Waals surface area (Å²) in [5, 5.41) is 3.29. The number of unbranched alkanes of at least 4 members (excludes halogenated alkanes) is 1. The molecule has 2 heteroatoms. The lowest BCUT2D eigenvalue weighted by molar-refractivity contribution is 0.301. The first-order valence-electron chi connectivity index (χ1n) is 6.93. The highest BCUT2D eigenvalue weighted by Crippen LogP contribution is 2.24. The molecule has 0 heterocycles. The van der Waals surface area contributed by atoms with Gasteiger partial charge >= 0.3 is 0 Å². The molecule has 0 aliphatic rings. The van der Waals surface area contributed by atoms with Gasteiger partial charge in [-0.05, 0) is 43.9 Å². The predicted octanol–water partition coefficient (Wildman–Crippen LogP) is 3.66. The number of rotatable bonds is 10. The van der Waals surface area contributed by atoms with Gasteiger partial charge in [0.25, 0.3) is 0 Å². The van der Waals surface area contributed by atoms with E-state index >= 15 is 0 Å². The van der Waals surface area contributed by atoms with Gasteiger partial charge in [-0.3, -0.25) is 0 Å². The van der Waals surface area contributed by atoms with Crippen molar-refractivity contribution < 1.29 is 4.74 Å². The number of hydrogen-bond donors (Lipinski definition) is 1. The summed E-state index contributed by atoms with van der Waals surface area (Å²) < 4.78 is 5.93. The summed E-state index contributed by atoms with van der Waals surface area (Å²) in [4.78, 5) is 0. The number of hydrogen-bond acceptors (Lipinski definition) is 2. The van der Waals surface area contributed by atoms with Gasteiger partial charge in [0.05, 0.1) is 6.61 Å². The van der Waals surface area contributed by atoms with Crippen LogP contribution in [0.3, 0.4) is 0 Å². The van der Waals surface area contributed by atoms with Crippen LogP contribution >= 0.6 is 0 Å². The van der Waals surface area contributed by atoms with E-state index in [0.29, 0.717) is 0 Å². The Bertz CT molecular complexity index is 398. The number of aryl methyl sites for hydroxylation is 1. The lowest BCUT2D eigenvalue weighted by Crippen LogP contribution is -2.15. The lowest BCUT2D eigenvalue weighted by Gasteiger charge is -2.13. The smallest absolute Gasteiger partial charge is 0.125 e. The van der Waals surface area contributed by atoms with Crippen molar-refractivity contribution in [3.05, 3.63) is 54.6 Å². The first kappa shape index (κ1) is 15.5. The van der Waals surface area contributed by atoms with Gasteiger partial charge in [-0.25, -0.2) is 0 Å². The predicted molar refractivity (Wildman–Crippen MR) is 82.9 cm³/mol. The third kappa shape index (κ3) is 5.75. The van der Waals surface area contributed by atoms with E-state index in [1.165, 1.54) is 11.1 Å². The van der Waals surface area contributed by atoms with Crippen molar-refractivity contribution >= 4 is 0 Å². The molecule has 0 aliphatic carbocycles. The minimum absolute atomic E-state index is 0.769. The van der Waals surface area contributed by atoms with E-state index in [1.54, 1.807) is 0 Å². The standard InChI is InChI=1S/C17H25NO/c1-4-9-16-11-8-10-15(3)17(16)19-14-7-6-13-18-12-5-2/h4-5,8,10-11,18H,1-2,6-7,9,12-14H2,3H3. The summed E-state index contributed by atoms with van der Waals surface area (Å²) in [5.74, 6) is 1.03. The normalized spacial score (nSPS) is 10.2. The van der Waals surface area contributed by atoms with Gasteiger partial charge in [0.15, 0.2) is 0 Å². The quantitative estimate of drug-likeness (QED) is 0.511. The Morgan fingerprint density at radius 1 is 1.21 bits per heavy atom. The fraction of sp³-hybridized carbons (Fsp3) is 0.412. The van der Waals surface area contributed by atoms with Crippen molar-refractivity contribution in [2.45, 2.75) is 26.2 Å². The second-order valence-corrected chi connectivity index (χ2v) is 4.60. The Labute approximate surface area is 117 Å². The Kier molecular flexibility index (Phi) is 7.68. The molecular weight excluding hydrogens is 234 g/mol. The summed E-state index contributed by atoms with van der Waals surface area (Å²) in [6.45, 7) is 12.2. The molecule has 0 atom stereocenters. The molecule has 0 spiro atoms. The SMILES string of the molecule is C=CCNCCCCOc1c(C)cccc1CC=C. The maximum Gasteiger partial charge on any atom is 0.125 e. The summed E-state index contributed by atoms with van der Waals surface area (Å²) in [7, 11) is 0. The van der Waals surface area contributed by atoms with Crippen LogP contribution in [0.15, 0.2) is 43.5 Å². The maximum atomic E-state index is 5.93. The van der Waals surface area contributed by atoms with Gasteiger partial charge in [0, 0.05) is 6.54 Å². The van der Waals surface area contributed by atoms with Crippen molar-refractivity contribution in [2.75, 3.05) is 19.7 Å². The van der Waals surface area contributed by atoms with Crippen molar-refractivity contribution in [2.24, 2.45) is 0 Å². The highest BCUT2D eigenvalue weighted by Gasteiger charge is 2.05. The molecule has 0 fully saturated rings. The molecule has 0 radical (unpaired) electrons. The second kappa shape index (κ2) is 9.40. The molecule has 104 valence electrons. The number of nitrogens with one attached hydrogen (secondary N) is 1. The summed E-state index contributed by atoms with van der Waals surface area (Å²) >= 11 is 0. The first-order chi connectivity index (χ1) is 9.29. The van der Waals surface area contributed by atoms with Gasteiger partial charge < -0.3 is 10.1 Å². The van der Waals surface area contributed by atoms with Gasteiger partial charge in [-0.15, -0.1) is 13.2 Å². The second-order valence-electron chi connectivity index (χ2n) is 4.60. The van der Waals surface area contributed by atoms with Gasteiger partial charge in [0.1, 0.15) is 5.75 Å². The fourth-order valence-electron chi connectivity index (χ4n) is 1.97. The molecular formula is C17H25NO. The summed E-state index contributed by atoms with van der Waals surface area (Å²) in [6.07, 6.45) is 6.84. The third-order valence-electron chi connectivity index (χ3n) is 2.94. The van der Waals surface area contributed by atoms with Crippen LogP contribution in [0, 0.1) is 6.92 Å². The Balaban J connectivity index is 2.35. The van der Waals surface area contributed by atoms with E-state index in [9.17, 15) is 0 Å². The van der Waals surface area contributed by atoms with E-state index < -0.39 is 0 Å². The highest BCUT2D eigenvalue weighted by atomic mass is 16.5. The van der Waals surface area contributed by atoms with E-state index in [4.69, 9.17) is 4.74 Å². The average molecular weight is 259 g/mol. The molecule has 0 saturated carbocycles. The number of ether oxygens (including phenoxy) is 1. The van der Waals surface area contributed by atoms with Gasteiger partial charge in [-0.1, -0.05) is 30.4 Å². The zero-order valence-electron chi connectivity index (χ0n) is 12.0.